The average Bonchev–Trinajstić information content (AvgIpc) is 2.39. The van der Waals surface area contributed by atoms with Crippen LogP contribution in [-0.2, 0) is 11.3 Å². The van der Waals surface area contributed by atoms with E-state index in [0.29, 0.717) is 18.9 Å². The number of carbonyl (C=O) groups is 1. The summed E-state index contributed by atoms with van der Waals surface area (Å²) in [6.45, 7) is 2.72. The van der Waals surface area contributed by atoms with Gasteiger partial charge in [0, 0.05) is 20.7 Å². The van der Waals surface area contributed by atoms with Crippen molar-refractivity contribution in [3.05, 3.63) is 23.8 Å². The molecule has 0 aliphatic carbocycles. The number of phenolic OH excluding ortho intramolecular Hbond substituents is 1. The van der Waals surface area contributed by atoms with Gasteiger partial charge in [0.25, 0.3) is 0 Å². The summed E-state index contributed by atoms with van der Waals surface area (Å²) in [6, 6.07) is 4.82. The summed E-state index contributed by atoms with van der Waals surface area (Å²) >= 11 is 0. The first-order chi connectivity index (χ1) is 9.47. The zero-order chi connectivity index (χ0) is 15.1. The Bertz CT molecular complexity index is 451. The minimum atomic E-state index is -0.190. The SMILES string of the molecule is COC[C@@H](C)NC(=O)N(C)Cc1ccc(OC)c(O)c1. The van der Waals surface area contributed by atoms with Crippen LogP contribution >= 0.6 is 0 Å². The van der Waals surface area contributed by atoms with E-state index in [1.54, 1.807) is 32.4 Å². The average molecular weight is 282 g/mol. The second-order valence-corrected chi connectivity index (χ2v) is 4.67. The maximum Gasteiger partial charge on any atom is 0.317 e. The number of phenols is 1. The topological polar surface area (TPSA) is 71.0 Å². The molecule has 0 unspecified atom stereocenters. The lowest BCUT2D eigenvalue weighted by Gasteiger charge is -2.21. The van der Waals surface area contributed by atoms with Gasteiger partial charge < -0.3 is 24.8 Å². The first-order valence-corrected chi connectivity index (χ1v) is 6.34. The van der Waals surface area contributed by atoms with Gasteiger partial charge >= 0.3 is 6.03 Å². The minimum Gasteiger partial charge on any atom is -0.504 e. The number of hydrogen-bond donors (Lipinski definition) is 2. The second kappa shape index (κ2) is 7.59. The zero-order valence-corrected chi connectivity index (χ0v) is 12.3. The van der Waals surface area contributed by atoms with Gasteiger partial charge in [0.2, 0.25) is 0 Å². The molecule has 2 amide bonds. The van der Waals surface area contributed by atoms with E-state index in [2.05, 4.69) is 5.32 Å². The molecule has 2 N–H and O–H groups in total. The molecule has 0 radical (unpaired) electrons. The molecule has 0 aliphatic rings. The first kappa shape index (κ1) is 16.1. The van der Waals surface area contributed by atoms with Crippen molar-refractivity contribution in [1.82, 2.24) is 10.2 Å². The third kappa shape index (κ3) is 4.62. The largest absolute Gasteiger partial charge is 0.504 e. The van der Waals surface area contributed by atoms with Crippen LogP contribution in [0.2, 0.25) is 0 Å². The molecule has 1 atom stereocenters. The van der Waals surface area contributed by atoms with Crippen molar-refractivity contribution in [2.24, 2.45) is 0 Å². The van der Waals surface area contributed by atoms with Crippen LogP contribution in [-0.4, -0.2) is 50.0 Å². The van der Waals surface area contributed by atoms with Gasteiger partial charge in [-0.15, -0.1) is 0 Å². The van der Waals surface area contributed by atoms with E-state index in [-0.39, 0.29) is 17.8 Å². The summed E-state index contributed by atoms with van der Waals surface area (Å²) in [5.41, 5.74) is 0.820. The summed E-state index contributed by atoms with van der Waals surface area (Å²) in [7, 11) is 4.77. The number of nitrogens with zero attached hydrogens (tertiary/aromatic N) is 1. The smallest absolute Gasteiger partial charge is 0.317 e. The van der Waals surface area contributed by atoms with Crippen LogP contribution in [0.4, 0.5) is 4.79 Å². The number of aromatic hydroxyl groups is 1. The second-order valence-electron chi connectivity index (χ2n) is 4.67. The Morgan fingerprint density at radius 2 is 2.15 bits per heavy atom. The molecule has 0 saturated carbocycles. The van der Waals surface area contributed by atoms with Gasteiger partial charge in [-0.25, -0.2) is 4.79 Å². The molecule has 1 aromatic carbocycles. The summed E-state index contributed by atoms with van der Waals surface area (Å²) in [5, 5.41) is 12.5. The molecule has 6 heteroatoms. The molecule has 112 valence electrons. The van der Waals surface area contributed by atoms with Crippen LogP contribution in [0.1, 0.15) is 12.5 Å². The van der Waals surface area contributed by atoms with Crippen molar-refractivity contribution >= 4 is 6.03 Å². The van der Waals surface area contributed by atoms with Gasteiger partial charge in [0.15, 0.2) is 11.5 Å². The molecule has 1 aromatic rings. The lowest BCUT2D eigenvalue weighted by atomic mass is 10.2. The normalized spacial score (nSPS) is 11.8. The Balaban J connectivity index is 2.59. The van der Waals surface area contributed by atoms with Crippen LogP contribution < -0.4 is 10.1 Å². The number of benzene rings is 1. The van der Waals surface area contributed by atoms with E-state index >= 15 is 0 Å². The van der Waals surface area contributed by atoms with Gasteiger partial charge in [0.05, 0.1) is 19.8 Å². The highest BCUT2D eigenvalue weighted by Gasteiger charge is 2.13. The van der Waals surface area contributed by atoms with E-state index in [1.165, 1.54) is 12.0 Å². The van der Waals surface area contributed by atoms with Gasteiger partial charge in [-0.05, 0) is 24.6 Å². The van der Waals surface area contributed by atoms with E-state index in [9.17, 15) is 9.90 Å². The predicted octanol–water partition coefficient (Wildman–Crippen LogP) is 1.58. The molecular weight excluding hydrogens is 260 g/mol. The lowest BCUT2D eigenvalue weighted by molar-refractivity contribution is 0.162. The summed E-state index contributed by atoms with van der Waals surface area (Å²) in [6.07, 6.45) is 0. The van der Waals surface area contributed by atoms with Gasteiger partial charge in [-0.3, -0.25) is 0 Å². The number of methoxy groups -OCH3 is 2. The Kier molecular flexibility index (Phi) is 6.11. The van der Waals surface area contributed by atoms with Crippen LogP contribution in [0.25, 0.3) is 0 Å². The first-order valence-electron chi connectivity index (χ1n) is 6.34. The van der Waals surface area contributed by atoms with Crippen molar-refractivity contribution in [3.63, 3.8) is 0 Å². The minimum absolute atomic E-state index is 0.0563. The molecule has 0 aliphatic heterocycles. The fourth-order valence-corrected chi connectivity index (χ4v) is 1.79. The highest BCUT2D eigenvalue weighted by Crippen LogP contribution is 2.26. The van der Waals surface area contributed by atoms with Crippen molar-refractivity contribution in [2.75, 3.05) is 27.9 Å². The number of ether oxygens (including phenoxy) is 2. The zero-order valence-electron chi connectivity index (χ0n) is 12.3. The van der Waals surface area contributed by atoms with Gasteiger partial charge in [-0.1, -0.05) is 6.07 Å². The Labute approximate surface area is 119 Å². The lowest BCUT2D eigenvalue weighted by Crippen LogP contribution is -2.43. The highest BCUT2D eigenvalue weighted by atomic mass is 16.5. The Morgan fingerprint density at radius 1 is 1.45 bits per heavy atom. The third-order valence-electron chi connectivity index (χ3n) is 2.80. The standard InChI is InChI=1S/C14H22N2O4/c1-10(9-19-3)15-14(18)16(2)8-11-5-6-13(20-4)12(17)7-11/h5-7,10,17H,8-9H2,1-4H3,(H,15,18)/t10-/m1/s1. The van der Waals surface area contributed by atoms with E-state index in [0.717, 1.165) is 5.56 Å². The van der Waals surface area contributed by atoms with Gasteiger partial charge in [-0.2, -0.15) is 0 Å². The molecule has 0 bridgehead atoms. The Hall–Kier alpha value is -1.95. The monoisotopic (exact) mass is 282 g/mol. The number of nitrogens with one attached hydrogen (secondary N) is 1. The number of hydrogen-bond acceptors (Lipinski definition) is 4. The van der Waals surface area contributed by atoms with Crippen LogP contribution in [0.5, 0.6) is 11.5 Å². The molecule has 20 heavy (non-hydrogen) atoms. The van der Waals surface area contributed by atoms with Crippen molar-refractivity contribution < 1.29 is 19.4 Å². The molecule has 0 fully saturated rings. The molecule has 6 nitrogen and oxygen atoms in total. The van der Waals surface area contributed by atoms with Crippen molar-refractivity contribution in [2.45, 2.75) is 19.5 Å². The third-order valence-corrected chi connectivity index (χ3v) is 2.80. The fourth-order valence-electron chi connectivity index (χ4n) is 1.79. The van der Waals surface area contributed by atoms with E-state index < -0.39 is 0 Å². The molecule has 0 heterocycles. The quantitative estimate of drug-likeness (QED) is 0.831. The molecule has 0 aromatic heterocycles. The summed E-state index contributed by atoms with van der Waals surface area (Å²) < 4.78 is 9.94. The van der Waals surface area contributed by atoms with E-state index in [4.69, 9.17) is 9.47 Å². The van der Waals surface area contributed by atoms with Crippen LogP contribution in [0, 0.1) is 0 Å². The van der Waals surface area contributed by atoms with Crippen LogP contribution in [0.3, 0.4) is 0 Å². The van der Waals surface area contributed by atoms with Gasteiger partial charge in [0.1, 0.15) is 0 Å². The van der Waals surface area contributed by atoms with Crippen molar-refractivity contribution in [3.8, 4) is 11.5 Å². The predicted molar refractivity (Wildman–Crippen MR) is 76.0 cm³/mol. The number of amides is 2. The molecule has 1 rings (SSSR count). The summed E-state index contributed by atoms with van der Waals surface area (Å²) in [4.78, 5) is 13.4. The summed E-state index contributed by atoms with van der Waals surface area (Å²) in [5.74, 6) is 0.473. The fraction of sp³-hybridized carbons (Fsp3) is 0.500. The van der Waals surface area contributed by atoms with Crippen molar-refractivity contribution in [1.29, 1.82) is 0 Å². The molecule has 0 saturated heterocycles. The maximum absolute atomic E-state index is 11.9. The Morgan fingerprint density at radius 3 is 2.70 bits per heavy atom. The highest BCUT2D eigenvalue weighted by molar-refractivity contribution is 5.74. The number of urea groups is 1. The van der Waals surface area contributed by atoms with E-state index in [1.807, 2.05) is 6.92 Å². The molecular formula is C14H22N2O4. The van der Waals surface area contributed by atoms with Crippen LogP contribution in [0.15, 0.2) is 18.2 Å². The number of carbonyl (C=O) groups excluding carboxylic acids is 1. The number of rotatable bonds is 6. The maximum atomic E-state index is 11.9. The molecule has 0 spiro atoms.